The molecule has 6 heteroatoms. The van der Waals surface area contributed by atoms with Crippen LogP contribution in [-0.4, -0.2) is 22.4 Å². The van der Waals surface area contributed by atoms with E-state index >= 15 is 0 Å². The van der Waals surface area contributed by atoms with Gasteiger partial charge in [0.05, 0.1) is 18.8 Å². The quantitative estimate of drug-likeness (QED) is 0.703. The highest BCUT2D eigenvalue weighted by atomic mass is 35.5. The van der Waals surface area contributed by atoms with Gasteiger partial charge in [-0.25, -0.2) is 4.98 Å². The Bertz CT molecular complexity index is 304. The molecule has 0 saturated carbocycles. The van der Waals surface area contributed by atoms with Gasteiger partial charge in [-0.15, -0.1) is 0 Å². The summed E-state index contributed by atoms with van der Waals surface area (Å²) in [6.45, 7) is 0.209. The summed E-state index contributed by atoms with van der Waals surface area (Å²) in [5.74, 6) is -0.248. The van der Waals surface area contributed by atoms with E-state index in [0.717, 1.165) is 0 Å². The first kappa shape index (κ1) is 9.88. The van der Waals surface area contributed by atoms with E-state index in [9.17, 15) is 4.79 Å². The molecule has 0 saturated heterocycles. The van der Waals surface area contributed by atoms with E-state index in [0.29, 0.717) is 10.8 Å². The number of nitrogens with two attached hydrogens (primary N) is 1. The van der Waals surface area contributed by atoms with Crippen LogP contribution in [0.15, 0.2) is 12.4 Å². The van der Waals surface area contributed by atoms with Crippen LogP contribution >= 0.6 is 11.6 Å². The normalized spacial score (nSPS) is 9.69. The third-order valence-corrected chi connectivity index (χ3v) is 1.68. The summed E-state index contributed by atoms with van der Waals surface area (Å²) in [7, 11) is 0. The number of hydrogen-bond acceptors (Lipinski definition) is 4. The number of amides is 1. The van der Waals surface area contributed by atoms with Crippen molar-refractivity contribution in [3.8, 4) is 0 Å². The molecular weight excluding hydrogens is 192 g/mol. The van der Waals surface area contributed by atoms with Crippen LogP contribution in [0.3, 0.4) is 0 Å². The molecule has 0 aliphatic heterocycles. The lowest BCUT2D eigenvalue weighted by Gasteiger charge is -2.02. The summed E-state index contributed by atoms with van der Waals surface area (Å²) in [6, 6.07) is 0. The van der Waals surface area contributed by atoms with E-state index in [1.54, 1.807) is 0 Å². The lowest BCUT2D eigenvalue weighted by atomic mass is 10.4. The van der Waals surface area contributed by atoms with Gasteiger partial charge >= 0.3 is 0 Å². The maximum Gasteiger partial charge on any atom is 0.234 e. The van der Waals surface area contributed by atoms with Crippen molar-refractivity contribution in [1.29, 1.82) is 0 Å². The average molecular weight is 201 g/mol. The smallest absolute Gasteiger partial charge is 0.234 e. The molecule has 0 unspecified atom stereocenters. The minimum atomic E-state index is -0.248. The molecule has 1 rings (SSSR count). The number of aromatic nitrogens is 2. The number of rotatable bonds is 3. The Balaban J connectivity index is 2.54. The predicted molar refractivity (Wildman–Crippen MR) is 47.9 cm³/mol. The average Bonchev–Trinajstić information content (AvgIpc) is 2.16. The van der Waals surface area contributed by atoms with Gasteiger partial charge in [-0.05, 0) is 0 Å². The van der Waals surface area contributed by atoms with E-state index in [1.165, 1.54) is 12.4 Å². The molecule has 5 nitrogen and oxygen atoms in total. The SMILES string of the molecule is NCC(=O)NCc1nccnc1Cl. The van der Waals surface area contributed by atoms with Crippen molar-refractivity contribution >= 4 is 17.5 Å². The molecule has 0 atom stereocenters. The summed E-state index contributed by atoms with van der Waals surface area (Å²) in [5.41, 5.74) is 5.63. The highest BCUT2D eigenvalue weighted by Gasteiger charge is 2.03. The summed E-state index contributed by atoms with van der Waals surface area (Å²) in [5, 5.41) is 2.83. The second-order valence-corrected chi connectivity index (χ2v) is 2.63. The molecule has 13 heavy (non-hydrogen) atoms. The maximum atomic E-state index is 10.8. The number of nitrogens with zero attached hydrogens (tertiary/aromatic N) is 2. The van der Waals surface area contributed by atoms with Crippen molar-refractivity contribution in [1.82, 2.24) is 15.3 Å². The fourth-order valence-corrected chi connectivity index (χ4v) is 0.895. The zero-order chi connectivity index (χ0) is 9.68. The Kier molecular flexibility index (Phi) is 3.60. The van der Waals surface area contributed by atoms with Crippen LogP contribution in [0.25, 0.3) is 0 Å². The minimum absolute atomic E-state index is 0.0438. The van der Waals surface area contributed by atoms with Gasteiger partial charge < -0.3 is 11.1 Å². The number of carbonyl (C=O) groups is 1. The van der Waals surface area contributed by atoms with Gasteiger partial charge in [-0.2, -0.15) is 0 Å². The van der Waals surface area contributed by atoms with Gasteiger partial charge in [0.2, 0.25) is 5.91 Å². The fourth-order valence-electron chi connectivity index (χ4n) is 0.723. The third-order valence-electron chi connectivity index (χ3n) is 1.36. The fraction of sp³-hybridized carbons (Fsp3) is 0.286. The number of carbonyl (C=O) groups excluding carboxylic acids is 1. The highest BCUT2D eigenvalue weighted by molar-refractivity contribution is 6.29. The van der Waals surface area contributed by atoms with Crippen LogP contribution < -0.4 is 11.1 Å². The molecule has 1 aromatic heterocycles. The van der Waals surface area contributed by atoms with Crippen molar-refractivity contribution in [2.45, 2.75) is 6.54 Å². The zero-order valence-corrected chi connectivity index (χ0v) is 7.58. The molecule has 1 heterocycles. The van der Waals surface area contributed by atoms with Crippen LogP contribution in [0, 0.1) is 0 Å². The molecule has 0 radical (unpaired) electrons. The summed E-state index contributed by atoms with van der Waals surface area (Å²) in [4.78, 5) is 18.5. The van der Waals surface area contributed by atoms with E-state index in [4.69, 9.17) is 17.3 Å². The Morgan fingerprint density at radius 3 is 2.85 bits per heavy atom. The Morgan fingerprint density at radius 1 is 1.54 bits per heavy atom. The largest absolute Gasteiger partial charge is 0.349 e. The predicted octanol–water partition coefficient (Wildman–Crippen LogP) is -0.295. The Hall–Kier alpha value is -1.20. The molecule has 0 spiro atoms. The van der Waals surface area contributed by atoms with Crippen LogP contribution in [-0.2, 0) is 11.3 Å². The lowest BCUT2D eigenvalue weighted by molar-refractivity contribution is -0.119. The number of halogens is 1. The van der Waals surface area contributed by atoms with Crippen molar-refractivity contribution < 1.29 is 4.79 Å². The highest BCUT2D eigenvalue weighted by Crippen LogP contribution is 2.07. The first-order valence-electron chi connectivity index (χ1n) is 3.66. The molecule has 0 bridgehead atoms. The standard InChI is InChI=1S/C7H9ClN4O/c8-7-5(10-1-2-11-7)4-12-6(13)3-9/h1-2H,3-4,9H2,(H,12,13). The van der Waals surface area contributed by atoms with Crippen LogP contribution in [0.4, 0.5) is 0 Å². The summed E-state index contributed by atoms with van der Waals surface area (Å²) < 4.78 is 0. The van der Waals surface area contributed by atoms with Gasteiger partial charge in [0, 0.05) is 12.4 Å². The summed E-state index contributed by atoms with van der Waals surface area (Å²) in [6.07, 6.45) is 2.99. The Labute approximate surface area is 80.3 Å². The summed E-state index contributed by atoms with van der Waals surface area (Å²) >= 11 is 5.69. The lowest BCUT2D eigenvalue weighted by Crippen LogP contribution is -2.30. The molecule has 0 aromatic carbocycles. The molecule has 1 amide bonds. The van der Waals surface area contributed by atoms with Gasteiger partial charge in [-0.1, -0.05) is 11.6 Å². The van der Waals surface area contributed by atoms with E-state index in [1.807, 2.05) is 0 Å². The zero-order valence-electron chi connectivity index (χ0n) is 6.83. The molecule has 3 N–H and O–H groups in total. The molecule has 1 aromatic rings. The molecule has 0 aliphatic rings. The Morgan fingerprint density at radius 2 is 2.23 bits per heavy atom. The van der Waals surface area contributed by atoms with Crippen LogP contribution in [0.5, 0.6) is 0 Å². The number of nitrogens with one attached hydrogen (secondary N) is 1. The van der Waals surface area contributed by atoms with Crippen molar-refractivity contribution in [3.05, 3.63) is 23.2 Å². The molecule has 0 aliphatic carbocycles. The van der Waals surface area contributed by atoms with Crippen molar-refractivity contribution in [3.63, 3.8) is 0 Å². The minimum Gasteiger partial charge on any atom is -0.349 e. The molecular formula is C7H9ClN4O. The topological polar surface area (TPSA) is 80.9 Å². The van der Waals surface area contributed by atoms with E-state index in [2.05, 4.69) is 15.3 Å². The van der Waals surface area contributed by atoms with E-state index < -0.39 is 0 Å². The number of hydrogen-bond donors (Lipinski definition) is 2. The molecule has 70 valence electrons. The molecule has 0 fully saturated rings. The van der Waals surface area contributed by atoms with E-state index in [-0.39, 0.29) is 19.0 Å². The second-order valence-electron chi connectivity index (χ2n) is 2.27. The van der Waals surface area contributed by atoms with Gasteiger partial charge in [-0.3, -0.25) is 9.78 Å². The van der Waals surface area contributed by atoms with Crippen molar-refractivity contribution in [2.75, 3.05) is 6.54 Å². The van der Waals surface area contributed by atoms with Crippen LogP contribution in [0.2, 0.25) is 5.15 Å². The van der Waals surface area contributed by atoms with Crippen LogP contribution in [0.1, 0.15) is 5.69 Å². The van der Waals surface area contributed by atoms with Gasteiger partial charge in [0.15, 0.2) is 5.15 Å². The second kappa shape index (κ2) is 4.74. The third kappa shape index (κ3) is 2.96. The first-order chi connectivity index (χ1) is 6.24. The first-order valence-corrected chi connectivity index (χ1v) is 4.04. The monoisotopic (exact) mass is 200 g/mol. The van der Waals surface area contributed by atoms with Crippen molar-refractivity contribution in [2.24, 2.45) is 5.73 Å². The van der Waals surface area contributed by atoms with Gasteiger partial charge in [0.25, 0.3) is 0 Å². The van der Waals surface area contributed by atoms with Gasteiger partial charge in [0.1, 0.15) is 0 Å². The maximum absolute atomic E-state index is 10.8.